The number of benzene rings is 1. The number of nitrogens with zero attached hydrogens (tertiary/aromatic N) is 1. The summed E-state index contributed by atoms with van der Waals surface area (Å²) >= 11 is 0. The summed E-state index contributed by atoms with van der Waals surface area (Å²) in [5.74, 6) is -0.561. The molecule has 0 fully saturated rings. The molecular weight excluding hydrogens is 233 g/mol. The van der Waals surface area contributed by atoms with Gasteiger partial charge in [0.25, 0.3) is 5.91 Å². The van der Waals surface area contributed by atoms with Crippen molar-refractivity contribution in [2.24, 2.45) is 0 Å². The smallest absolute Gasteiger partial charge is 0.259 e. The van der Waals surface area contributed by atoms with E-state index in [-0.39, 0.29) is 11.7 Å². The molecule has 0 unspecified atom stereocenters. The van der Waals surface area contributed by atoms with Crippen LogP contribution in [0.15, 0.2) is 18.2 Å². The zero-order valence-electron chi connectivity index (χ0n) is 10.5. The number of nitrogens with one attached hydrogen (secondary N) is 2. The molecule has 2 aromatic rings. The molecule has 5 heteroatoms. The summed E-state index contributed by atoms with van der Waals surface area (Å²) in [6.45, 7) is 5.29. The van der Waals surface area contributed by atoms with Crippen LogP contribution in [0.3, 0.4) is 0 Å². The molecule has 0 bridgehead atoms. The van der Waals surface area contributed by atoms with E-state index in [9.17, 15) is 9.18 Å². The fourth-order valence-corrected chi connectivity index (χ4v) is 1.84. The normalized spacial score (nSPS) is 10.4. The van der Waals surface area contributed by atoms with Gasteiger partial charge < -0.3 is 5.32 Å². The van der Waals surface area contributed by atoms with E-state index in [1.54, 1.807) is 26.8 Å². The predicted molar refractivity (Wildman–Crippen MR) is 67.2 cm³/mol. The maximum absolute atomic E-state index is 13.0. The standard InChI is InChI=1S/C13H14FN3O/c1-7-6-10(14)4-5-11(7)15-13(18)12-8(2)16-17-9(12)3/h4-6H,1-3H3,(H,15,18)(H,16,17). The number of carbonyl (C=O) groups excluding carboxylic acids is 1. The van der Waals surface area contributed by atoms with Crippen molar-refractivity contribution in [1.29, 1.82) is 0 Å². The molecule has 0 saturated heterocycles. The van der Waals surface area contributed by atoms with Crippen molar-refractivity contribution in [2.45, 2.75) is 20.8 Å². The average molecular weight is 247 g/mol. The van der Waals surface area contributed by atoms with Gasteiger partial charge in [0, 0.05) is 11.4 Å². The second kappa shape index (κ2) is 4.60. The molecule has 0 atom stereocenters. The molecule has 0 aliphatic rings. The number of rotatable bonds is 2. The highest BCUT2D eigenvalue weighted by Crippen LogP contribution is 2.18. The Morgan fingerprint density at radius 2 is 2.06 bits per heavy atom. The van der Waals surface area contributed by atoms with Crippen LogP contribution in [0.25, 0.3) is 0 Å². The van der Waals surface area contributed by atoms with Gasteiger partial charge in [-0.2, -0.15) is 5.10 Å². The first-order chi connectivity index (χ1) is 8.49. The van der Waals surface area contributed by atoms with Crippen LogP contribution in [-0.4, -0.2) is 16.1 Å². The highest BCUT2D eigenvalue weighted by molar-refractivity contribution is 6.06. The van der Waals surface area contributed by atoms with E-state index in [1.165, 1.54) is 12.1 Å². The number of hydrogen-bond donors (Lipinski definition) is 2. The molecule has 1 aromatic heterocycles. The average Bonchev–Trinajstić information content (AvgIpc) is 2.62. The fourth-order valence-electron chi connectivity index (χ4n) is 1.84. The van der Waals surface area contributed by atoms with Crippen LogP contribution in [-0.2, 0) is 0 Å². The van der Waals surface area contributed by atoms with E-state index in [0.717, 1.165) is 0 Å². The number of halogens is 1. The zero-order chi connectivity index (χ0) is 13.3. The number of aromatic amines is 1. The summed E-state index contributed by atoms with van der Waals surface area (Å²) < 4.78 is 13.0. The quantitative estimate of drug-likeness (QED) is 0.857. The van der Waals surface area contributed by atoms with E-state index in [4.69, 9.17) is 0 Å². The Balaban J connectivity index is 2.27. The predicted octanol–water partition coefficient (Wildman–Crippen LogP) is 2.73. The molecule has 1 aromatic carbocycles. The van der Waals surface area contributed by atoms with Gasteiger partial charge in [0.1, 0.15) is 5.82 Å². The molecule has 0 spiro atoms. The first-order valence-corrected chi connectivity index (χ1v) is 5.58. The van der Waals surface area contributed by atoms with E-state index in [1.807, 2.05) is 0 Å². The molecule has 0 radical (unpaired) electrons. The van der Waals surface area contributed by atoms with Gasteiger partial charge in [-0.15, -0.1) is 0 Å². The van der Waals surface area contributed by atoms with Crippen molar-refractivity contribution >= 4 is 11.6 Å². The van der Waals surface area contributed by atoms with E-state index in [0.29, 0.717) is 28.2 Å². The number of H-pyrrole nitrogens is 1. The first-order valence-electron chi connectivity index (χ1n) is 5.58. The molecule has 2 rings (SSSR count). The van der Waals surface area contributed by atoms with Gasteiger partial charge in [0.2, 0.25) is 0 Å². The summed E-state index contributed by atoms with van der Waals surface area (Å²) in [7, 11) is 0. The third kappa shape index (κ3) is 2.25. The molecule has 94 valence electrons. The summed E-state index contributed by atoms with van der Waals surface area (Å²) in [5, 5.41) is 9.48. The number of carbonyl (C=O) groups is 1. The van der Waals surface area contributed by atoms with Crippen LogP contribution in [0.1, 0.15) is 27.3 Å². The Hall–Kier alpha value is -2.17. The number of hydrogen-bond acceptors (Lipinski definition) is 2. The van der Waals surface area contributed by atoms with Crippen molar-refractivity contribution in [3.05, 3.63) is 46.5 Å². The minimum absolute atomic E-state index is 0.242. The number of aryl methyl sites for hydroxylation is 3. The Bertz CT molecular complexity index is 585. The summed E-state index contributed by atoms with van der Waals surface area (Å²) in [5.41, 5.74) is 3.16. The van der Waals surface area contributed by atoms with Crippen LogP contribution in [0.2, 0.25) is 0 Å². The molecule has 1 heterocycles. The van der Waals surface area contributed by atoms with Crippen molar-refractivity contribution in [3.63, 3.8) is 0 Å². The third-order valence-electron chi connectivity index (χ3n) is 2.79. The number of anilines is 1. The van der Waals surface area contributed by atoms with Crippen molar-refractivity contribution < 1.29 is 9.18 Å². The van der Waals surface area contributed by atoms with Gasteiger partial charge in [0.05, 0.1) is 11.3 Å². The Morgan fingerprint density at radius 1 is 1.33 bits per heavy atom. The highest BCUT2D eigenvalue weighted by Gasteiger charge is 2.15. The van der Waals surface area contributed by atoms with Crippen molar-refractivity contribution in [1.82, 2.24) is 10.2 Å². The Morgan fingerprint density at radius 3 is 2.61 bits per heavy atom. The molecule has 4 nitrogen and oxygen atoms in total. The van der Waals surface area contributed by atoms with Gasteiger partial charge in [-0.3, -0.25) is 9.89 Å². The molecule has 18 heavy (non-hydrogen) atoms. The van der Waals surface area contributed by atoms with Crippen molar-refractivity contribution in [3.8, 4) is 0 Å². The number of amides is 1. The summed E-state index contributed by atoms with van der Waals surface area (Å²) in [4.78, 5) is 12.1. The largest absolute Gasteiger partial charge is 0.322 e. The van der Waals surface area contributed by atoms with Crippen LogP contribution in [0.4, 0.5) is 10.1 Å². The van der Waals surface area contributed by atoms with E-state index < -0.39 is 0 Å². The third-order valence-corrected chi connectivity index (χ3v) is 2.79. The number of aromatic nitrogens is 2. The lowest BCUT2D eigenvalue weighted by atomic mass is 10.1. The van der Waals surface area contributed by atoms with Crippen LogP contribution >= 0.6 is 0 Å². The van der Waals surface area contributed by atoms with Crippen LogP contribution < -0.4 is 5.32 Å². The minimum Gasteiger partial charge on any atom is -0.322 e. The van der Waals surface area contributed by atoms with Gasteiger partial charge in [-0.05, 0) is 44.5 Å². The second-order valence-electron chi connectivity index (χ2n) is 4.22. The summed E-state index contributed by atoms with van der Waals surface area (Å²) in [6.07, 6.45) is 0. The fraction of sp³-hybridized carbons (Fsp3) is 0.231. The second-order valence-corrected chi connectivity index (χ2v) is 4.22. The molecule has 0 aliphatic heterocycles. The van der Waals surface area contributed by atoms with Crippen molar-refractivity contribution in [2.75, 3.05) is 5.32 Å². The molecule has 2 N–H and O–H groups in total. The zero-order valence-corrected chi connectivity index (χ0v) is 10.5. The Kier molecular flexibility index (Phi) is 3.14. The summed E-state index contributed by atoms with van der Waals surface area (Å²) in [6, 6.07) is 4.25. The minimum atomic E-state index is -0.318. The van der Waals surface area contributed by atoms with Gasteiger partial charge in [-0.1, -0.05) is 0 Å². The SMILES string of the molecule is Cc1cc(F)ccc1NC(=O)c1c(C)n[nH]c1C. The Labute approximate surface area is 104 Å². The monoisotopic (exact) mass is 247 g/mol. The molecular formula is C13H14FN3O. The molecule has 0 aliphatic carbocycles. The lowest BCUT2D eigenvalue weighted by Crippen LogP contribution is -2.14. The van der Waals surface area contributed by atoms with Gasteiger partial charge in [-0.25, -0.2) is 4.39 Å². The van der Waals surface area contributed by atoms with Crippen LogP contribution in [0.5, 0.6) is 0 Å². The van der Waals surface area contributed by atoms with Gasteiger partial charge in [0.15, 0.2) is 0 Å². The first kappa shape index (κ1) is 12.3. The van der Waals surface area contributed by atoms with Crippen LogP contribution in [0, 0.1) is 26.6 Å². The maximum atomic E-state index is 13.0. The highest BCUT2D eigenvalue weighted by atomic mass is 19.1. The lowest BCUT2D eigenvalue weighted by molar-refractivity contribution is 0.102. The van der Waals surface area contributed by atoms with E-state index in [2.05, 4.69) is 15.5 Å². The lowest BCUT2D eigenvalue weighted by Gasteiger charge is -2.08. The van der Waals surface area contributed by atoms with E-state index >= 15 is 0 Å². The van der Waals surface area contributed by atoms with Gasteiger partial charge >= 0.3 is 0 Å². The molecule has 1 amide bonds. The topological polar surface area (TPSA) is 57.8 Å². The maximum Gasteiger partial charge on any atom is 0.259 e. The molecule has 0 saturated carbocycles.